The van der Waals surface area contributed by atoms with Crippen molar-refractivity contribution < 1.29 is 19.8 Å². The van der Waals surface area contributed by atoms with Crippen molar-refractivity contribution in [2.45, 2.75) is 25.4 Å². The Hall–Kier alpha value is -1.60. The molecule has 1 fully saturated rings. The summed E-state index contributed by atoms with van der Waals surface area (Å²) in [6.07, 6.45) is 1.36. The van der Waals surface area contributed by atoms with Gasteiger partial charge in [-0.1, -0.05) is 15.9 Å². The van der Waals surface area contributed by atoms with Crippen molar-refractivity contribution in [1.29, 1.82) is 0 Å². The first-order valence-electron chi connectivity index (χ1n) is 6.60. The van der Waals surface area contributed by atoms with Crippen LogP contribution in [0, 0.1) is 0 Å². The van der Waals surface area contributed by atoms with Gasteiger partial charge in [-0.05, 0) is 38.0 Å². The summed E-state index contributed by atoms with van der Waals surface area (Å²) in [6.45, 7) is 2.46. The van der Waals surface area contributed by atoms with E-state index >= 15 is 0 Å². The third-order valence-corrected chi connectivity index (χ3v) is 3.91. The van der Waals surface area contributed by atoms with Crippen molar-refractivity contribution >= 4 is 33.6 Å². The smallest absolute Gasteiger partial charge is 0.337 e. The lowest BCUT2D eigenvalue weighted by Gasteiger charge is -2.36. The number of carboxylic acids is 1. The lowest BCUT2D eigenvalue weighted by atomic mass is 9.95. The van der Waals surface area contributed by atoms with Gasteiger partial charge in [0.05, 0.1) is 23.4 Å². The molecule has 1 saturated heterocycles. The highest BCUT2D eigenvalue weighted by Crippen LogP contribution is 2.24. The lowest BCUT2D eigenvalue weighted by molar-refractivity contribution is -0.000647. The van der Waals surface area contributed by atoms with Gasteiger partial charge in [-0.3, -0.25) is 0 Å². The quantitative estimate of drug-likeness (QED) is 0.759. The molecule has 1 aliphatic rings. The summed E-state index contributed by atoms with van der Waals surface area (Å²) < 4.78 is 0.674. The first-order valence-corrected chi connectivity index (χ1v) is 7.39. The van der Waals surface area contributed by atoms with Crippen LogP contribution in [0.2, 0.25) is 0 Å². The van der Waals surface area contributed by atoms with Gasteiger partial charge in [0.25, 0.3) is 0 Å². The molecular weight excluding hydrogens is 340 g/mol. The summed E-state index contributed by atoms with van der Waals surface area (Å²) in [5.41, 5.74) is -0.648. The van der Waals surface area contributed by atoms with E-state index in [1.807, 2.05) is 0 Å². The van der Waals surface area contributed by atoms with Gasteiger partial charge in [0.2, 0.25) is 0 Å². The maximum absolute atomic E-state index is 12.2. The number of carboxylic acid groups (broad SMARTS) is 1. The summed E-state index contributed by atoms with van der Waals surface area (Å²) in [5, 5.41) is 21.8. The highest BCUT2D eigenvalue weighted by atomic mass is 79.9. The van der Waals surface area contributed by atoms with E-state index in [9.17, 15) is 14.7 Å². The normalized spacial score (nSPS) is 22.0. The number of piperidine rings is 1. The van der Waals surface area contributed by atoms with E-state index < -0.39 is 17.6 Å². The molecule has 0 aliphatic carbocycles. The molecule has 6 nitrogen and oxygen atoms in total. The number of urea groups is 1. The molecule has 1 aliphatic heterocycles. The van der Waals surface area contributed by atoms with E-state index in [0.29, 0.717) is 23.9 Å². The third-order valence-electron chi connectivity index (χ3n) is 3.42. The fourth-order valence-electron chi connectivity index (χ4n) is 2.39. The molecule has 1 aromatic carbocycles. The molecule has 7 heteroatoms. The van der Waals surface area contributed by atoms with Gasteiger partial charge < -0.3 is 20.4 Å². The summed E-state index contributed by atoms with van der Waals surface area (Å²) in [5.74, 6) is -1.11. The number of carbonyl (C=O) groups is 2. The van der Waals surface area contributed by atoms with Crippen LogP contribution in [0.25, 0.3) is 0 Å². The number of carbonyl (C=O) groups excluding carboxylic acids is 1. The molecule has 0 bridgehead atoms. The van der Waals surface area contributed by atoms with Gasteiger partial charge in [-0.2, -0.15) is 0 Å². The zero-order chi connectivity index (χ0) is 15.6. The molecule has 0 radical (unpaired) electrons. The Labute approximate surface area is 130 Å². The van der Waals surface area contributed by atoms with Crippen LogP contribution in [0.3, 0.4) is 0 Å². The van der Waals surface area contributed by atoms with Crippen molar-refractivity contribution in [1.82, 2.24) is 4.90 Å². The monoisotopic (exact) mass is 356 g/mol. The van der Waals surface area contributed by atoms with Crippen LogP contribution < -0.4 is 5.32 Å². The van der Waals surface area contributed by atoms with Crippen LogP contribution in [0.15, 0.2) is 22.7 Å². The van der Waals surface area contributed by atoms with Crippen LogP contribution in [-0.4, -0.2) is 45.8 Å². The van der Waals surface area contributed by atoms with Gasteiger partial charge >= 0.3 is 12.0 Å². The lowest BCUT2D eigenvalue weighted by Crippen LogP contribution is -2.50. The van der Waals surface area contributed by atoms with Crippen molar-refractivity contribution in [3.63, 3.8) is 0 Å². The van der Waals surface area contributed by atoms with Gasteiger partial charge in [-0.15, -0.1) is 0 Å². The van der Waals surface area contributed by atoms with E-state index in [2.05, 4.69) is 21.2 Å². The van der Waals surface area contributed by atoms with Crippen molar-refractivity contribution in [3.05, 3.63) is 28.2 Å². The second kappa shape index (κ2) is 6.03. The average Bonchev–Trinajstić information content (AvgIpc) is 2.37. The molecule has 3 N–H and O–H groups in total. The first-order chi connectivity index (χ1) is 9.78. The number of aliphatic hydroxyl groups is 1. The number of hydrogen-bond acceptors (Lipinski definition) is 3. The number of anilines is 1. The maximum Gasteiger partial charge on any atom is 0.337 e. The first kappa shape index (κ1) is 15.8. The minimum atomic E-state index is -1.11. The number of hydrogen-bond donors (Lipinski definition) is 3. The predicted octanol–water partition coefficient (Wildman–Crippen LogP) is 2.53. The van der Waals surface area contributed by atoms with Crippen LogP contribution >= 0.6 is 15.9 Å². The molecule has 0 aromatic heterocycles. The van der Waals surface area contributed by atoms with E-state index in [0.717, 1.165) is 0 Å². The topological polar surface area (TPSA) is 89.9 Å². The summed E-state index contributed by atoms with van der Waals surface area (Å²) in [7, 11) is 0. The minimum Gasteiger partial charge on any atom is -0.478 e. The van der Waals surface area contributed by atoms with Crippen LogP contribution in [-0.2, 0) is 0 Å². The number of likely N-dealkylation sites (tertiary alicyclic amines) is 1. The molecular formula is C14H17BrN2O4. The zero-order valence-corrected chi connectivity index (χ0v) is 13.2. The van der Waals surface area contributed by atoms with Gasteiger partial charge in [0.1, 0.15) is 0 Å². The molecule has 0 spiro atoms. The number of rotatable bonds is 2. The zero-order valence-electron chi connectivity index (χ0n) is 11.6. The summed E-state index contributed by atoms with van der Waals surface area (Å²) in [4.78, 5) is 24.9. The molecule has 1 aromatic rings. The van der Waals surface area contributed by atoms with Crippen LogP contribution in [0.1, 0.15) is 30.1 Å². The number of halogens is 1. The average molecular weight is 357 g/mol. The Morgan fingerprint density at radius 1 is 1.43 bits per heavy atom. The standard InChI is InChI=1S/C14H17BrN2O4/c1-14(21)5-2-6-17(8-14)13(20)16-11-7-9(15)3-4-10(11)12(18)19/h3-4,7,21H,2,5-6,8H2,1H3,(H,16,20)(H,18,19). The minimum absolute atomic E-state index is 0.0234. The van der Waals surface area contributed by atoms with E-state index in [1.54, 1.807) is 19.1 Å². The predicted molar refractivity (Wildman–Crippen MR) is 81.6 cm³/mol. The number of nitrogens with one attached hydrogen (secondary N) is 1. The fourth-order valence-corrected chi connectivity index (χ4v) is 2.76. The highest BCUT2D eigenvalue weighted by molar-refractivity contribution is 9.10. The molecule has 1 unspecified atom stereocenters. The van der Waals surface area contributed by atoms with Crippen LogP contribution in [0.4, 0.5) is 10.5 Å². The number of benzene rings is 1. The SMILES string of the molecule is CC1(O)CCCN(C(=O)Nc2cc(Br)ccc2C(=O)O)C1. The number of nitrogens with zero attached hydrogens (tertiary/aromatic N) is 1. The Bertz CT molecular complexity index is 574. The number of β-amino-alcohol motifs (C(OH)–C–C–N with tert-alkyl or cyclic N) is 1. The molecule has 2 rings (SSSR count). The van der Waals surface area contributed by atoms with Crippen molar-refractivity contribution in [2.75, 3.05) is 18.4 Å². The van der Waals surface area contributed by atoms with Crippen molar-refractivity contribution in [2.24, 2.45) is 0 Å². The largest absolute Gasteiger partial charge is 0.478 e. The molecule has 21 heavy (non-hydrogen) atoms. The number of aromatic carboxylic acids is 1. The van der Waals surface area contributed by atoms with Crippen molar-refractivity contribution in [3.8, 4) is 0 Å². The summed E-state index contributed by atoms with van der Waals surface area (Å²) >= 11 is 3.25. The Kier molecular flexibility index (Phi) is 4.53. The second-order valence-electron chi connectivity index (χ2n) is 5.45. The highest BCUT2D eigenvalue weighted by Gasteiger charge is 2.31. The van der Waals surface area contributed by atoms with E-state index in [-0.39, 0.29) is 17.8 Å². The van der Waals surface area contributed by atoms with Gasteiger partial charge in [0.15, 0.2) is 0 Å². The molecule has 2 amide bonds. The molecule has 1 heterocycles. The van der Waals surface area contributed by atoms with Gasteiger partial charge in [0, 0.05) is 11.0 Å². The molecule has 114 valence electrons. The Morgan fingerprint density at radius 3 is 2.76 bits per heavy atom. The maximum atomic E-state index is 12.2. The Morgan fingerprint density at radius 2 is 2.14 bits per heavy atom. The molecule has 1 atom stereocenters. The summed E-state index contributed by atoms with van der Waals surface area (Å²) in [6, 6.07) is 4.17. The fraction of sp³-hybridized carbons (Fsp3) is 0.429. The second-order valence-corrected chi connectivity index (χ2v) is 6.36. The molecule has 0 saturated carbocycles. The Balaban J connectivity index is 2.16. The number of amides is 2. The van der Waals surface area contributed by atoms with Gasteiger partial charge in [-0.25, -0.2) is 9.59 Å². The third kappa shape index (κ3) is 3.95. The van der Waals surface area contributed by atoms with Crippen LogP contribution in [0.5, 0.6) is 0 Å². The van der Waals surface area contributed by atoms with E-state index in [4.69, 9.17) is 5.11 Å². The van der Waals surface area contributed by atoms with E-state index in [1.165, 1.54) is 11.0 Å².